The van der Waals surface area contributed by atoms with E-state index < -0.39 is 0 Å². The number of nitrogens with zero attached hydrogens (tertiary/aromatic N) is 5. The van der Waals surface area contributed by atoms with Crippen LogP contribution in [0.4, 0.5) is 5.13 Å². The average Bonchev–Trinajstić information content (AvgIpc) is 3.49. The lowest BCUT2D eigenvalue weighted by Gasteiger charge is -2.19. The summed E-state index contributed by atoms with van der Waals surface area (Å²) in [5, 5.41) is 9.26. The second-order valence-corrected chi connectivity index (χ2v) is 9.43. The maximum Gasteiger partial charge on any atom is 0.277 e. The Morgan fingerprint density at radius 3 is 2.78 bits per heavy atom. The van der Waals surface area contributed by atoms with E-state index in [1.807, 2.05) is 42.5 Å². The Morgan fingerprint density at radius 2 is 1.97 bits per heavy atom. The zero-order valence-corrected chi connectivity index (χ0v) is 18.9. The molecule has 0 fully saturated rings. The lowest BCUT2D eigenvalue weighted by Crippen LogP contribution is -2.31. The standard InChI is InChI=1S/C23H21N5O2S2/c29-20(15-31-23-27-26-21(30-23)17-9-6-12-24-13-17)28(14-16-7-2-1-3-8-16)22-25-18-10-4-5-11-19(18)32-22/h1-3,6-9,12-13H,4-5,10-11,14-15H2. The number of amides is 1. The average molecular weight is 464 g/mol. The van der Waals surface area contributed by atoms with Crippen molar-refractivity contribution in [1.29, 1.82) is 0 Å². The summed E-state index contributed by atoms with van der Waals surface area (Å²) in [5.74, 6) is 0.541. The molecule has 0 unspecified atom stereocenters. The van der Waals surface area contributed by atoms with E-state index in [9.17, 15) is 4.79 Å². The first-order chi connectivity index (χ1) is 15.8. The molecule has 162 valence electrons. The quantitative estimate of drug-likeness (QED) is 0.364. The first-order valence-electron chi connectivity index (χ1n) is 10.5. The molecule has 0 spiro atoms. The number of carbonyl (C=O) groups excluding carboxylic acids is 1. The first kappa shape index (κ1) is 20.8. The van der Waals surface area contributed by atoms with Crippen molar-refractivity contribution >= 4 is 34.1 Å². The molecule has 0 saturated carbocycles. The highest BCUT2D eigenvalue weighted by atomic mass is 32.2. The van der Waals surface area contributed by atoms with Crippen molar-refractivity contribution in [1.82, 2.24) is 20.2 Å². The van der Waals surface area contributed by atoms with Crippen LogP contribution in [-0.4, -0.2) is 31.8 Å². The predicted molar refractivity (Wildman–Crippen MR) is 125 cm³/mol. The van der Waals surface area contributed by atoms with Crippen LogP contribution in [0, 0.1) is 0 Å². The normalized spacial score (nSPS) is 13.0. The van der Waals surface area contributed by atoms with Crippen molar-refractivity contribution in [2.75, 3.05) is 10.7 Å². The van der Waals surface area contributed by atoms with E-state index in [1.165, 1.54) is 23.1 Å². The number of aromatic nitrogens is 4. The van der Waals surface area contributed by atoms with Gasteiger partial charge in [-0.05, 0) is 43.4 Å². The minimum absolute atomic E-state index is 0.0360. The third-order valence-corrected chi connectivity index (χ3v) is 7.17. The number of fused-ring (bicyclic) bond motifs is 1. The van der Waals surface area contributed by atoms with Crippen molar-refractivity contribution in [3.63, 3.8) is 0 Å². The molecule has 1 aliphatic carbocycles. The van der Waals surface area contributed by atoms with Gasteiger partial charge in [-0.25, -0.2) is 4.98 Å². The Labute approximate surface area is 193 Å². The highest BCUT2D eigenvalue weighted by Gasteiger charge is 2.24. The summed E-state index contributed by atoms with van der Waals surface area (Å²) in [7, 11) is 0. The highest BCUT2D eigenvalue weighted by Crippen LogP contribution is 2.33. The van der Waals surface area contributed by atoms with Crippen molar-refractivity contribution in [3.05, 3.63) is 71.0 Å². The molecule has 32 heavy (non-hydrogen) atoms. The summed E-state index contributed by atoms with van der Waals surface area (Å²) in [6.07, 6.45) is 7.74. The number of hydrogen-bond donors (Lipinski definition) is 0. The van der Waals surface area contributed by atoms with Crippen LogP contribution in [0.25, 0.3) is 11.5 Å². The van der Waals surface area contributed by atoms with Crippen molar-refractivity contribution < 1.29 is 9.21 Å². The van der Waals surface area contributed by atoms with Crippen molar-refractivity contribution in [3.8, 4) is 11.5 Å². The number of aryl methyl sites for hydroxylation is 2. The number of benzene rings is 1. The van der Waals surface area contributed by atoms with Crippen LogP contribution in [0.1, 0.15) is 29.0 Å². The second-order valence-electron chi connectivity index (χ2n) is 7.44. The molecule has 1 aliphatic rings. The van der Waals surface area contributed by atoms with Crippen LogP contribution in [0.3, 0.4) is 0 Å². The predicted octanol–water partition coefficient (Wildman–Crippen LogP) is 4.79. The maximum atomic E-state index is 13.3. The molecule has 0 aliphatic heterocycles. The minimum atomic E-state index is -0.0360. The van der Waals surface area contributed by atoms with Gasteiger partial charge in [0.2, 0.25) is 11.8 Å². The molecule has 5 rings (SSSR count). The third kappa shape index (κ3) is 4.73. The number of thioether (sulfide) groups is 1. The van der Waals surface area contributed by atoms with Gasteiger partial charge in [0, 0.05) is 17.3 Å². The van der Waals surface area contributed by atoms with Gasteiger partial charge in [-0.3, -0.25) is 14.7 Å². The van der Waals surface area contributed by atoms with Gasteiger partial charge in [0.1, 0.15) is 0 Å². The van der Waals surface area contributed by atoms with Crippen molar-refractivity contribution in [2.45, 2.75) is 37.5 Å². The Hall–Kier alpha value is -3.04. The second kappa shape index (κ2) is 9.62. The zero-order valence-electron chi connectivity index (χ0n) is 17.3. The molecular weight excluding hydrogens is 442 g/mol. The van der Waals surface area contributed by atoms with E-state index in [0.717, 1.165) is 41.2 Å². The Balaban J connectivity index is 1.32. The molecule has 0 radical (unpaired) electrons. The van der Waals surface area contributed by atoms with Gasteiger partial charge in [-0.2, -0.15) is 0 Å². The van der Waals surface area contributed by atoms with Crippen molar-refractivity contribution in [2.24, 2.45) is 0 Å². The molecule has 3 aromatic heterocycles. The number of pyridine rings is 1. The largest absolute Gasteiger partial charge is 0.411 e. The number of anilines is 1. The lowest BCUT2D eigenvalue weighted by atomic mass is 10.0. The van der Waals surface area contributed by atoms with Crippen LogP contribution < -0.4 is 4.90 Å². The highest BCUT2D eigenvalue weighted by molar-refractivity contribution is 7.99. The van der Waals surface area contributed by atoms with E-state index in [4.69, 9.17) is 9.40 Å². The molecule has 1 amide bonds. The Morgan fingerprint density at radius 1 is 1.09 bits per heavy atom. The number of hydrogen-bond acceptors (Lipinski definition) is 8. The zero-order chi connectivity index (χ0) is 21.8. The van der Waals surface area contributed by atoms with Gasteiger partial charge >= 0.3 is 0 Å². The fourth-order valence-corrected chi connectivity index (χ4v) is 5.36. The molecule has 9 heteroatoms. The molecule has 0 bridgehead atoms. The van der Waals surface area contributed by atoms with Crippen LogP contribution in [0.15, 0.2) is 64.5 Å². The van der Waals surface area contributed by atoms with E-state index in [-0.39, 0.29) is 11.7 Å². The van der Waals surface area contributed by atoms with Crippen LogP contribution in [0.5, 0.6) is 0 Å². The molecule has 1 aromatic carbocycles. The molecule has 0 atom stereocenters. The summed E-state index contributed by atoms with van der Waals surface area (Å²) >= 11 is 2.88. The van der Waals surface area contributed by atoms with Gasteiger partial charge in [0.15, 0.2) is 5.13 Å². The smallest absolute Gasteiger partial charge is 0.277 e. The fourth-order valence-electron chi connectivity index (χ4n) is 3.56. The summed E-state index contributed by atoms with van der Waals surface area (Å²) < 4.78 is 5.71. The number of thiazole rings is 1. The maximum absolute atomic E-state index is 13.3. The molecule has 3 heterocycles. The first-order valence-corrected chi connectivity index (χ1v) is 12.3. The summed E-state index contributed by atoms with van der Waals surface area (Å²) in [6.45, 7) is 0.484. The molecular formula is C23H21N5O2S2. The minimum Gasteiger partial charge on any atom is -0.411 e. The van der Waals surface area contributed by atoms with Gasteiger partial charge in [-0.1, -0.05) is 42.1 Å². The van der Waals surface area contributed by atoms with E-state index in [2.05, 4.69) is 15.2 Å². The number of carbonyl (C=O) groups is 1. The molecule has 7 nitrogen and oxygen atoms in total. The Bertz CT molecular complexity index is 1170. The number of rotatable bonds is 7. The molecule has 0 N–H and O–H groups in total. The lowest BCUT2D eigenvalue weighted by molar-refractivity contribution is -0.116. The Kier molecular flexibility index (Phi) is 6.27. The van der Waals surface area contributed by atoms with Crippen LogP contribution in [-0.2, 0) is 24.2 Å². The summed E-state index contributed by atoms with van der Waals surface area (Å²) in [5.41, 5.74) is 2.96. The topological polar surface area (TPSA) is 85.0 Å². The molecule has 0 saturated heterocycles. The van der Waals surface area contributed by atoms with Gasteiger partial charge < -0.3 is 4.42 Å². The summed E-state index contributed by atoms with van der Waals surface area (Å²) in [4.78, 5) is 25.3. The third-order valence-electron chi connectivity index (χ3n) is 5.18. The fraction of sp³-hybridized carbons (Fsp3) is 0.261. The van der Waals surface area contributed by atoms with Gasteiger partial charge in [0.05, 0.1) is 23.6 Å². The van der Waals surface area contributed by atoms with Gasteiger partial charge in [-0.15, -0.1) is 21.5 Å². The summed E-state index contributed by atoms with van der Waals surface area (Å²) in [6, 6.07) is 13.7. The van der Waals surface area contributed by atoms with Crippen LogP contribution >= 0.6 is 23.1 Å². The van der Waals surface area contributed by atoms with Crippen LogP contribution in [0.2, 0.25) is 0 Å². The van der Waals surface area contributed by atoms with E-state index >= 15 is 0 Å². The molecule has 4 aromatic rings. The van der Waals surface area contributed by atoms with Gasteiger partial charge in [0.25, 0.3) is 5.22 Å². The monoisotopic (exact) mass is 463 g/mol. The van der Waals surface area contributed by atoms with E-state index in [1.54, 1.807) is 28.6 Å². The SMILES string of the molecule is O=C(CSc1nnc(-c2cccnc2)o1)N(Cc1ccccc1)c1nc2c(s1)CCCC2. The van der Waals surface area contributed by atoms with E-state index in [0.29, 0.717) is 17.7 Å².